The zero-order valence-electron chi connectivity index (χ0n) is 17.2. The van der Waals surface area contributed by atoms with E-state index in [1.165, 1.54) is 12.1 Å². The van der Waals surface area contributed by atoms with Crippen LogP contribution in [-0.2, 0) is 4.79 Å². The van der Waals surface area contributed by atoms with Crippen molar-refractivity contribution in [2.24, 2.45) is 11.3 Å². The van der Waals surface area contributed by atoms with Crippen molar-refractivity contribution in [1.82, 2.24) is 15.0 Å². The van der Waals surface area contributed by atoms with Crippen molar-refractivity contribution in [3.05, 3.63) is 36.0 Å². The van der Waals surface area contributed by atoms with E-state index in [0.29, 0.717) is 24.1 Å². The summed E-state index contributed by atoms with van der Waals surface area (Å²) in [5, 5.41) is 4.03. The lowest BCUT2D eigenvalue weighted by molar-refractivity contribution is -0.133. The Bertz CT molecular complexity index is 787. The second-order valence-corrected chi connectivity index (χ2v) is 9.19. The molecule has 1 saturated heterocycles. The molecular formula is C22H30FN3O2. The van der Waals surface area contributed by atoms with Gasteiger partial charge in [-0.05, 0) is 54.9 Å². The lowest BCUT2D eigenvalue weighted by Gasteiger charge is -2.32. The lowest BCUT2D eigenvalue weighted by Crippen LogP contribution is -2.38. The average Bonchev–Trinajstić information content (AvgIpc) is 3.11. The summed E-state index contributed by atoms with van der Waals surface area (Å²) in [6, 6.07) is 6.06. The van der Waals surface area contributed by atoms with Crippen LogP contribution in [0.4, 0.5) is 4.39 Å². The molecule has 0 radical (unpaired) electrons. The highest BCUT2D eigenvalue weighted by Crippen LogP contribution is 2.30. The molecular weight excluding hydrogens is 357 g/mol. The number of aromatic nitrogens is 2. The smallest absolute Gasteiger partial charge is 0.230 e. The third-order valence-corrected chi connectivity index (χ3v) is 5.22. The maximum absolute atomic E-state index is 13.1. The number of benzene rings is 1. The quantitative estimate of drug-likeness (QED) is 0.721. The van der Waals surface area contributed by atoms with Gasteiger partial charge in [-0.1, -0.05) is 32.9 Å². The van der Waals surface area contributed by atoms with Gasteiger partial charge < -0.3 is 9.42 Å². The summed E-state index contributed by atoms with van der Waals surface area (Å²) >= 11 is 0. The van der Waals surface area contributed by atoms with Crippen LogP contribution in [0.25, 0.3) is 11.4 Å². The van der Waals surface area contributed by atoms with Gasteiger partial charge in [-0.25, -0.2) is 4.39 Å². The normalized spacial score (nSPS) is 17.0. The summed E-state index contributed by atoms with van der Waals surface area (Å²) in [5.41, 5.74) is 0.976. The van der Waals surface area contributed by atoms with E-state index in [4.69, 9.17) is 4.52 Å². The van der Waals surface area contributed by atoms with Crippen LogP contribution in [0.2, 0.25) is 0 Å². The molecule has 1 aromatic carbocycles. The Kier molecular flexibility index (Phi) is 6.16. The molecule has 0 bridgehead atoms. The Morgan fingerprint density at radius 3 is 2.50 bits per heavy atom. The first-order chi connectivity index (χ1) is 13.2. The minimum Gasteiger partial charge on any atom is -0.343 e. The average molecular weight is 387 g/mol. The van der Waals surface area contributed by atoms with Gasteiger partial charge in [0, 0.05) is 31.0 Å². The van der Waals surface area contributed by atoms with E-state index in [-0.39, 0.29) is 23.1 Å². The van der Waals surface area contributed by atoms with Crippen LogP contribution in [0.5, 0.6) is 0 Å². The summed E-state index contributed by atoms with van der Waals surface area (Å²) in [7, 11) is 0. The van der Waals surface area contributed by atoms with Gasteiger partial charge >= 0.3 is 0 Å². The number of halogens is 1. The highest BCUT2D eigenvalue weighted by Gasteiger charge is 2.28. The summed E-state index contributed by atoms with van der Waals surface area (Å²) in [6.45, 7) is 10.2. The van der Waals surface area contributed by atoms with Crippen LogP contribution in [-0.4, -0.2) is 34.0 Å². The number of likely N-dealkylation sites (tertiary alicyclic amines) is 1. The molecule has 0 N–H and O–H groups in total. The molecule has 1 aliphatic rings. The largest absolute Gasteiger partial charge is 0.343 e. The molecule has 0 aliphatic carbocycles. The van der Waals surface area contributed by atoms with Gasteiger partial charge in [-0.2, -0.15) is 4.98 Å². The Labute approximate surface area is 166 Å². The van der Waals surface area contributed by atoms with Crippen LogP contribution in [0.3, 0.4) is 0 Å². The van der Waals surface area contributed by atoms with Gasteiger partial charge in [0.1, 0.15) is 5.82 Å². The molecule has 3 rings (SSSR count). The van der Waals surface area contributed by atoms with Crippen LogP contribution < -0.4 is 0 Å². The number of carbonyl (C=O) groups excluding carboxylic acids is 1. The molecule has 6 heteroatoms. The van der Waals surface area contributed by atoms with E-state index in [9.17, 15) is 9.18 Å². The Morgan fingerprint density at radius 2 is 1.89 bits per heavy atom. The van der Waals surface area contributed by atoms with Crippen LogP contribution in [0.1, 0.15) is 65.2 Å². The number of piperidine rings is 1. The second kappa shape index (κ2) is 8.41. The topological polar surface area (TPSA) is 59.2 Å². The number of carbonyl (C=O) groups is 1. The van der Waals surface area contributed by atoms with Crippen molar-refractivity contribution in [2.75, 3.05) is 13.1 Å². The zero-order valence-corrected chi connectivity index (χ0v) is 17.2. The molecule has 1 aromatic heterocycles. The molecule has 1 aliphatic heterocycles. The third kappa shape index (κ3) is 5.40. The zero-order chi connectivity index (χ0) is 20.3. The maximum atomic E-state index is 13.1. The molecule has 1 unspecified atom stereocenters. The first-order valence-electron chi connectivity index (χ1n) is 10.1. The summed E-state index contributed by atoms with van der Waals surface area (Å²) in [6.07, 6.45) is 3.30. The van der Waals surface area contributed by atoms with Gasteiger partial charge in [0.2, 0.25) is 17.6 Å². The standard InChI is InChI=1S/C22H30FN3O2/c1-15(14-22(2,3)4)13-19(27)26-11-9-17(10-12-26)21-24-20(25-28-21)16-5-7-18(23)8-6-16/h5-8,15,17H,9-14H2,1-4H3. The fraction of sp³-hybridized carbons (Fsp3) is 0.591. The fourth-order valence-electron chi connectivity index (χ4n) is 4.04. The molecule has 28 heavy (non-hydrogen) atoms. The van der Waals surface area contributed by atoms with Crippen molar-refractivity contribution >= 4 is 5.91 Å². The molecule has 5 nitrogen and oxygen atoms in total. The minimum atomic E-state index is -0.290. The van der Waals surface area contributed by atoms with Crippen LogP contribution in [0.15, 0.2) is 28.8 Å². The molecule has 1 atom stereocenters. The maximum Gasteiger partial charge on any atom is 0.230 e. The lowest BCUT2D eigenvalue weighted by atomic mass is 9.84. The van der Waals surface area contributed by atoms with Crippen molar-refractivity contribution in [2.45, 2.75) is 59.3 Å². The molecule has 152 valence electrons. The van der Waals surface area contributed by atoms with Crippen molar-refractivity contribution in [3.63, 3.8) is 0 Å². The summed E-state index contributed by atoms with van der Waals surface area (Å²) in [5.74, 6) is 1.59. The number of rotatable bonds is 5. The highest BCUT2D eigenvalue weighted by atomic mass is 19.1. The van der Waals surface area contributed by atoms with Crippen LogP contribution >= 0.6 is 0 Å². The third-order valence-electron chi connectivity index (χ3n) is 5.22. The fourth-order valence-corrected chi connectivity index (χ4v) is 4.04. The monoisotopic (exact) mass is 387 g/mol. The molecule has 2 aromatic rings. The number of hydrogen-bond acceptors (Lipinski definition) is 4. The number of amides is 1. The van der Waals surface area contributed by atoms with E-state index >= 15 is 0 Å². The van der Waals surface area contributed by atoms with E-state index < -0.39 is 0 Å². The summed E-state index contributed by atoms with van der Waals surface area (Å²) in [4.78, 5) is 19.1. The van der Waals surface area contributed by atoms with Crippen molar-refractivity contribution in [1.29, 1.82) is 0 Å². The Balaban J connectivity index is 1.53. The predicted molar refractivity (Wildman–Crippen MR) is 106 cm³/mol. The first kappa shape index (κ1) is 20.5. The Hall–Kier alpha value is -2.24. The second-order valence-electron chi connectivity index (χ2n) is 9.19. The number of nitrogens with zero attached hydrogens (tertiary/aromatic N) is 3. The minimum absolute atomic E-state index is 0.165. The SMILES string of the molecule is CC(CC(=O)N1CCC(c2nc(-c3ccc(F)cc3)no2)CC1)CC(C)(C)C. The van der Waals surface area contributed by atoms with E-state index in [1.807, 2.05) is 4.90 Å². The molecule has 2 heterocycles. The molecule has 0 spiro atoms. The van der Waals surface area contributed by atoms with Crippen molar-refractivity contribution in [3.8, 4) is 11.4 Å². The number of hydrogen-bond donors (Lipinski definition) is 0. The molecule has 1 amide bonds. The van der Waals surface area contributed by atoms with E-state index in [0.717, 1.165) is 37.9 Å². The predicted octanol–water partition coefficient (Wildman–Crippen LogP) is 5.04. The van der Waals surface area contributed by atoms with Gasteiger partial charge in [-0.3, -0.25) is 4.79 Å². The van der Waals surface area contributed by atoms with Crippen LogP contribution in [0, 0.1) is 17.2 Å². The van der Waals surface area contributed by atoms with Gasteiger partial charge in [-0.15, -0.1) is 0 Å². The van der Waals surface area contributed by atoms with Gasteiger partial charge in [0.15, 0.2) is 0 Å². The summed E-state index contributed by atoms with van der Waals surface area (Å²) < 4.78 is 18.5. The Morgan fingerprint density at radius 1 is 1.25 bits per heavy atom. The van der Waals surface area contributed by atoms with Gasteiger partial charge in [0.25, 0.3) is 0 Å². The van der Waals surface area contributed by atoms with Crippen molar-refractivity contribution < 1.29 is 13.7 Å². The van der Waals surface area contributed by atoms with E-state index in [1.54, 1.807) is 12.1 Å². The molecule has 0 saturated carbocycles. The van der Waals surface area contributed by atoms with E-state index in [2.05, 4.69) is 37.8 Å². The highest BCUT2D eigenvalue weighted by molar-refractivity contribution is 5.76. The van der Waals surface area contributed by atoms with Gasteiger partial charge in [0.05, 0.1) is 0 Å². The molecule has 1 fully saturated rings. The first-order valence-corrected chi connectivity index (χ1v) is 10.1.